The molecule has 1 aromatic heterocycles. The molecule has 1 heterocycles. The lowest BCUT2D eigenvalue weighted by molar-refractivity contribution is -0.137. The summed E-state index contributed by atoms with van der Waals surface area (Å²) < 4.78 is 0. The number of hydrogen-bond acceptors (Lipinski definition) is 3. The van der Waals surface area contributed by atoms with E-state index in [1.54, 1.807) is 23.2 Å². The minimum absolute atomic E-state index is 0.0254. The maximum absolute atomic E-state index is 12.4. The van der Waals surface area contributed by atoms with E-state index in [1.807, 2.05) is 31.4 Å². The average Bonchev–Trinajstić information content (AvgIpc) is 2.84. The van der Waals surface area contributed by atoms with Crippen LogP contribution >= 0.6 is 11.3 Å². The number of hydrogen-bond donors (Lipinski definition) is 1. The monoisotopic (exact) mass is 284 g/mol. The first-order valence-corrected chi connectivity index (χ1v) is 7.13. The number of thiophene rings is 1. The maximum atomic E-state index is 12.4. The van der Waals surface area contributed by atoms with Crippen LogP contribution in [0.15, 0.2) is 17.5 Å². The standard InChI is InChI=1S/C13H20N2O3S/c1-4-14(9-12(16)17)13(18)15(10(2)3)8-11-6-5-7-19-11/h5-7,10H,4,8-9H2,1-3H3,(H,16,17). The summed E-state index contributed by atoms with van der Waals surface area (Å²) in [6, 6.07) is 3.71. The fraction of sp³-hybridized carbons (Fsp3) is 0.538. The van der Waals surface area contributed by atoms with Crippen LogP contribution in [0.3, 0.4) is 0 Å². The van der Waals surface area contributed by atoms with Crippen molar-refractivity contribution < 1.29 is 14.7 Å². The van der Waals surface area contributed by atoms with Gasteiger partial charge in [0, 0.05) is 17.5 Å². The Morgan fingerprint density at radius 1 is 1.42 bits per heavy atom. The van der Waals surface area contributed by atoms with Crippen molar-refractivity contribution in [3.63, 3.8) is 0 Å². The number of rotatable bonds is 6. The van der Waals surface area contributed by atoms with Gasteiger partial charge in [0.15, 0.2) is 0 Å². The Kier molecular flexibility index (Phi) is 5.82. The summed E-state index contributed by atoms with van der Waals surface area (Å²) in [5, 5.41) is 10.8. The van der Waals surface area contributed by atoms with E-state index in [1.165, 1.54) is 4.90 Å². The molecule has 1 rings (SSSR count). The summed E-state index contributed by atoms with van der Waals surface area (Å²) in [5.41, 5.74) is 0. The van der Waals surface area contributed by atoms with Crippen LogP contribution in [-0.2, 0) is 11.3 Å². The van der Waals surface area contributed by atoms with Crippen molar-refractivity contribution in [1.82, 2.24) is 9.80 Å². The predicted octanol–water partition coefficient (Wildman–Crippen LogP) is 2.49. The molecular formula is C13H20N2O3S. The number of carboxylic acid groups (broad SMARTS) is 1. The topological polar surface area (TPSA) is 60.9 Å². The fourth-order valence-corrected chi connectivity index (χ4v) is 2.40. The second-order valence-corrected chi connectivity index (χ2v) is 5.52. The minimum atomic E-state index is -0.991. The number of urea groups is 1. The number of likely N-dealkylation sites (N-methyl/N-ethyl adjacent to an activating group) is 1. The predicted molar refractivity (Wildman–Crippen MR) is 75.3 cm³/mol. The summed E-state index contributed by atoms with van der Waals surface area (Å²) in [6.07, 6.45) is 0. The molecule has 0 saturated heterocycles. The fourth-order valence-electron chi connectivity index (χ4n) is 1.70. The van der Waals surface area contributed by atoms with Gasteiger partial charge in [-0.3, -0.25) is 4.79 Å². The summed E-state index contributed by atoms with van der Waals surface area (Å²) in [5.74, 6) is -0.991. The van der Waals surface area contributed by atoms with Crippen molar-refractivity contribution in [3.8, 4) is 0 Å². The first-order valence-electron chi connectivity index (χ1n) is 6.25. The quantitative estimate of drug-likeness (QED) is 0.873. The second-order valence-electron chi connectivity index (χ2n) is 4.49. The van der Waals surface area contributed by atoms with Crippen LogP contribution in [0.2, 0.25) is 0 Å². The van der Waals surface area contributed by atoms with E-state index in [-0.39, 0.29) is 18.6 Å². The number of carboxylic acids is 1. The third kappa shape index (κ3) is 4.55. The largest absolute Gasteiger partial charge is 0.480 e. The van der Waals surface area contributed by atoms with Crippen LogP contribution in [0.25, 0.3) is 0 Å². The molecule has 19 heavy (non-hydrogen) atoms. The lowest BCUT2D eigenvalue weighted by Crippen LogP contribution is -2.47. The molecule has 0 atom stereocenters. The Balaban J connectivity index is 2.79. The molecule has 0 saturated carbocycles. The van der Waals surface area contributed by atoms with Crippen LogP contribution in [-0.4, -0.2) is 46.0 Å². The molecule has 0 aliphatic heterocycles. The van der Waals surface area contributed by atoms with Gasteiger partial charge in [-0.05, 0) is 32.2 Å². The number of amides is 2. The van der Waals surface area contributed by atoms with Crippen molar-refractivity contribution in [3.05, 3.63) is 22.4 Å². The number of nitrogens with zero attached hydrogens (tertiary/aromatic N) is 2. The smallest absolute Gasteiger partial charge is 0.323 e. The third-order valence-corrected chi connectivity index (χ3v) is 3.61. The van der Waals surface area contributed by atoms with E-state index in [0.717, 1.165) is 4.88 Å². The van der Waals surface area contributed by atoms with Crippen molar-refractivity contribution in [2.45, 2.75) is 33.4 Å². The number of carbonyl (C=O) groups is 2. The van der Waals surface area contributed by atoms with Gasteiger partial charge in [0.1, 0.15) is 6.54 Å². The molecule has 0 unspecified atom stereocenters. The average molecular weight is 284 g/mol. The Bertz CT molecular complexity index is 418. The molecule has 5 nitrogen and oxygen atoms in total. The lowest BCUT2D eigenvalue weighted by atomic mass is 10.3. The SMILES string of the molecule is CCN(CC(=O)O)C(=O)N(Cc1cccs1)C(C)C. The first kappa shape index (κ1) is 15.5. The zero-order chi connectivity index (χ0) is 14.4. The van der Waals surface area contributed by atoms with Gasteiger partial charge in [0.25, 0.3) is 0 Å². The minimum Gasteiger partial charge on any atom is -0.480 e. The molecule has 0 aliphatic carbocycles. The maximum Gasteiger partial charge on any atom is 0.323 e. The zero-order valence-corrected chi connectivity index (χ0v) is 12.3. The molecule has 6 heteroatoms. The van der Waals surface area contributed by atoms with Crippen LogP contribution in [0, 0.1) is 0 Å². The van der Waals surface area contributed by atoms with Crippen LogP contribution in [0.5, 0.6) is 0 Å². The van der Waals surface area contributed by atoms with Gasteiger partial charge in [-0.2, -0.15) is 0 Å². The van der Waals surface area contributed by atoms with E-state index in [9.17, 15) is 9.59 Å². The highest BCUT2D eigenvalue weighted by Crippen LogP contribution is 2.15. The third-order valence-electron chi connectivity index (χ3n) is 2.75. The summed E-state index contributed by atoms with van der Waals surface area (Å²) in [4.78, 5) is 27.3. The molecule has 0 bridgehead atoms. The highest BCUT2D eigenvalue weighted by molar-refractivity contribution is 7.09. The van der Waals surface area contributed by atoms with Gasteiger partial charge in [-0.15, -0.1) is 11.3 Å². The van der Waals surface area contributed by atoms with Crippen molar-refractivity contribution >= 4 is 23.3 Å². The van der Waals surface area contributed by atoms with Gasteiger partial charge in [0.05, 0.1) is 6.54 Å². The van der Waals surface area contributed by atoms with Crippen LogP contribution in [0.1, 0.15) is 25.6 Å². The molecule has 2 amide bonds. The van der Waals surface area contributed by atoms with Crippen molar-refractivity contribution in [1.29, 1.82) is 0 Å². The Hall–Kier alpha value is -1.56. The Labute approximate surface area is 117 Å². The number of aliphatic carboxylic acids is 1. The van der Waals surface area contributed by atoms with Gasteiger partial charge in [0.2, 0.25) is 0 Å². The van der Waals surface area contributed by atoms with Crippen LogP contribution in [0.4, 0.5) is 4.79 Å². The summed E-state index contributed by atoms with van der Waals surface area (Å²) in [7, 11) is 0. The molecule has 0 aromatic carbocycles. The van der Waals surface area contributed by atoms with E-state index < -0.39 is 5.97 Å². The second kappa shape index (κ2) is 7.13. The van der Waals surface area contributed by atoms with Crippen LogP contribution < -0.4 is 0 Å². The molecule has 1 aromatic rings. The summed E-state index contributed by atoms with van der Waals surface area (Å²) >= 11 is 1.59. The lowest BCUT2D eigenvalue weighted by Gasteiger charge is -2.31. The van der Waals surface area contributed by atoms with Gasteiger partial charge < -0.3 is 14.9 Å². The van der Waals surface area contributed by atoms with Gasteiger partial charge in [-0.1, -0.05) is 6.07 Å². The van der Waals surface area contributed by atoms with E-state index in [0.29, 0.717) is 13.1 Å². The molecule has 106 valence electrons. The normalized spacial score (nSPS) is 10.5. The van der Waals surface area contributed by atoms with Gasteiger partial charge >= 0.3 is 12.0 Å². The highest BCUT2D eigenvalue weighted by Gasteiger charge is 2.24. The molecular weight excluding hydrogens is 264 g/mol. The van der Waals surface area contributed by atoms with E-state index in [4.69, 9.17) is 5.11 Å². The Morgan fingerprint density at radius 2 is 2.11 bits per heavy atom. The molecule has 0 fully saturated rings. The Morgan fingerprint density at radius 3 is 2.53 bits per heavy atom. The summed E-state index contributed by atoms with van der Waals surface area (Å²) in [6.45, 7) is 6.29. The molecule has 0 radical (unpaired) electrons. The van der Waals surface area contributed by atoms with Crippen molar-refractivity contribution in [2.75, 3.05) is 13.1 Å². The molecule has 0 spiro atoms. The first-order chi connectivity index (χ1) is 8.95. The van der Waals surface area contributed by atoms with Gasteiger partial charge in [-0.25, -0.2) is 4.79 Å². The zero-order valence-electron chi connectivity index (χ0n) is 11.5. The highest BCUT2D eigenvalue weighted by atomic mass is 32.1. The van der Waals surface area contributed by atoms with E-state index >= 15 is 0 Å². The number of carbonyl (C=O) groups excluding carboxylic acids is 1. The molecule has 1 N–H and O–H groups in total. The molecule has 0 aliphatic rings. The van der Waals surface area contributed by atoms with Crippen molar-refractivity contribution in [2.24, 2.45) is 0 Å². The van der Waals surface area contributed by atoms with E-state index in [2.05, 4.69) is 0 Å².